The third-order valence-electron chi connectivity index (χ3n) is 2.67. The van der Waals surface area contributed by atoms with Crippen LogP contribution in [0.4, 0.5) is 4.39 Å². The van der Waals surface area contributed by atoms with Gasteiger partial charge in [-0.25, -0.2) is 4.39 Å². The number of halogens is 1. The Morgan fingerprint density at radius 1 is 1.22 bits per heavy atom. The summed E-state index contributed by atoms with van der Waals surface area (Å²) in [5, 5.41) is 3.21. The van der Waals surface area contributed by atoms with Gasteiger partial charge in [-0.05, 0) is 25.3 Å². The highest BCUT2D eigenvalue weighted by Gasteiger charge is 2.38. The van der Waals surface area contributed by atoms with Crippen molar-refractivity contribution in [3.05, 3.63) is 0 Å². The molecule has 2 rings (SSSR count). The minimum absolute atomic E-state index is 0.366. The molecule has 3 atom stereocenters. The third kappa shape index (κ3) is 0.767. The lowest BCUT2D eigenvalue weighted by molar-refractivity contribution is 0.260. The Hall–Kier alpha value is -0.110. The fourth-order valence-corrected chi connectivity index (χ4v) is 2.08. The predicted octanol–water partition coefficient (Wildman–Crippen LogP) is 0.954. The van der Waals surface area contributed by atoms with Crippen molar-refractivity contribution in [1.82, 2.24) is 5.32 Å². The first-order valence-electron chi connectivity index (χ1n) is 3.72. The normalized spacial score (nSPS) is 49.7. The van der Waals surface area contributed by atoms with Gasteiger partial charge < -0.3 is 5.32 Å². The van der Waals surface area contributed by atoms with Gasteiger partial charge in [-0.1, -0.05) is 0 Å². The molecule has 1 saturated heterocycles. The molecule has 0 bridgehead atoms. The lowest BCUT2D eigenvalue weighted by atomic mass is 10.0. The Morgan fingerprint density at radius 3 is 2.89 bits per heavy atom. The molecular weight excluding hydrogens is 117 g/mol. The Kier molecular flexibility index (Phi) is 1.22. The molecule has 1 N–H and O–H groups in total. The number of alkyl halides is 1. The van der Waals surface area contributed by atoms with Gasteiger partial charge in [-0.15, -0.1) is 0 Å². The van der Waals surface area contributed by atoms with Gasteiger partial charge in [0, 0.05) is 12.5 Å². The molecule has 0 aromatic rings. The number of fused-ring (bicyclic) bond motifs is 1. The van der Waals surface area contributed by atoms with Crippen molar-refractivity contribution in [2.75, 3.05) is 13.1 Å². The van der Waals surface area contributed by atoms with Crippen LogP contribution in [-0.4, -0.2) is 19.3 Å². The summed E-state index contributed by atoms with van der Waals surface area (Å²) in [6.07, 6.45) is 1.43. The highest BCUT2D eigenvalue weighted by molar-refractivity contribution is 4.91. The highest BCUT2D eigenvalue weighted by Crippen LogP contribution is 2.36. The molecule has 0 aromatic carbocycles. The van der Waals surface area contributed by atoms with Crippen LogP contribution in [0, 0.1) is 11.8 Å². The maximum absolute atomic E-state index is 12.8. The number of nitrogens with one attached hydrogen (secondary N) is 1. The average molecular weight is 129 g/mol. The summed E-state index contributed by atoms with van der Waals surface area (Å²) < 4.78 is 12.8. The van der Waals surface area contributed by atoms with Gasteiger partial charge in [0.15, 0.2) is 0 Å². The zero-order valence-electron chi connectivity index (χ0n) is 5.44. The van der Waals surface area contributed by atoms with Crippen LogP contribution in [0.2, 0.25) is 0 Å². The third-order valence-corrected chi connectivity index (χ3v) is 2.67. The summed E-state index contributed by atoms with van der Waals surface area (Å²) in [5.74, 6) is 1.03. The summed E-state index contributed by atoms with van der Waals surface area (Å²) in [7, 11) is 0. The molecule has 1 aliphatic heterocycles. The van der Waals surface area contributed by atoms with Crippen LogP contribution >= 0.6 is 0 Å². The molecule has 1 aliphatic carbocycles. The molecule has 0 amide bonds. The Balaban J connectivity index is 2.07. The first-order valence-corrected chi connectivity index (χ1v) is 3.72. The van der Waals surface area contributed by atoms with E-state index in [1.165, 1.54) is 0 Å². The van der Waals surface area contributed by atoms with E-state index in [4.69, 9.17) is 0 Å². The standard InChI is InChI=1S/C7H12FN/c8-7-2-1-5-3-9-4-6(5)7/h5-7,9H,1-4H2/t5-,6-,7-/m1/s1. The predicted molar refractivity (Wildman–Crippen MR) is 34.0 cm³/mol. The van der Waals surface area contributed by atoms with Gasteiger partial charge in [0.25, 0.3) is 0 Å². The van der Waals surface area contributed by atoms with Crippen LogP contribution in [0.3, 0.4) is 0 Å². The molecule has 0 radical (unpaired) electrons. The fourth-order valence-electron chi connectivity index (χ4n) is 2.08. The summed E-state index contributed by atoms with van der Waals surface area (Å²) in [6.45, 7) is 1.98. The Morgan fingerprint density at radius 2 is 2.11 bits per heavy atom. The van der Waals surface area contributed by atoms with Crippen LogP contribution in [0.25, 0.3) is 0 Å². The van der Waals surface area contributed by atoms with Crippen molar-refractivity contribution in [2.24, 2.45) is 11.8 Å². The summed E-state index contributed by atoms with van der Waals surface area (Å²) in [4.78, 5) is 0. The Labute approximate surface area is 54.6 Å². The molecule has 9 heavy (non-hydrogen) atoms. The molecule has 1 heterocycles. The van der Waals surface area contributed by atoms with E-state index in [0.717, 1.165) is 25.9 Å². The molecular formula is C7H12FN. The summed E-state index contributed by atoms with van der Waals surface area (Å²) in [5.41, 5.74) is 0. The second-order valence-corrected chi connectivity index (χ2v) is 3.18. The van der Waals surface area contributed by atoms with Crippen LogP contribution < -0.4 is 5.32 Å². The zero-order valence-corrected chi connectivity index (χ0v) is 5.44. The summed E-state index contributed by atoms with van der Waals surface area (Å²) in [6, 6.07) is 0. The van der Waals surface area contributed by atoms with Crippen molar-refractivity contribution in [2.45, 2.75) is 19.0 Å². The lowest BCUT2D eigenvalue weighted by Crippen LogP contribution is -2.16. The van der Waals surface area contributed by atoms with Crippen molar-refractivity contribution in [3.63, 3.8) is 0 Å². The molecule has 1 nitrogen and oxygen atoms in total. The van der Waals surface area contributed by atoms with Crippen LogP contribution in [-0.2, 0) is 0 Å². The van der Waals surface area contributed by atoms with E-state index in [1.54, 1.807) is 0 Å². The largest absolute Gasteiger partial charge is 0.316 e. The monoisotopic (exact) mass is 129 g/mol. The first-order chi connectivity index (χ1) is 4.38. The second-order valence-electron chi connectivity index (χ2n) is 3.18. The molecule has 2 aliphatic rings. The molecule has 2 fully saturated rings. The number of hydrogen-bond donors (Lipinski definition) is 1. The number of rotatable bonds is 0. The molecule has 2 heteroatoms. The van der Waals surface area contributed by atoms with E-state index >= 15 is 0 Å². The maximum Gasteiger partial charge on any atom is 0.104 e. The van der Waals surface area contributed by atoms with E-state index < -0.39 is 6.17 Å². The van der Waals surface area contributed by atoms with E-state index in [2.05, 4.69) is 5.32 Å². The quantitative estimate of drug-likeness (QED) is 0.513. The van der Waals surface area contributed by atoms with Gasteiger partial charge in [-0.2, -0.15) is 0 Å². The van der Waals surface area contributed by atoms with Gasteiger partial charge in [0.1, 0.15) is 6.17 Å². The van der Waals surface area contributed by atoms with Gasteiger partial charge >= 0.3 is 0 Å². The minimum atomic E-state index is -0.495. The Bertz CT molecular complexity index is 115. The van der Waals surface area contributed by atoms with Crippen LogP contribution in [0.15, 0.2) is 0 Å². The smallest absolute Gasteiger partial charge is 0.104 e. The minimum Gasteiger partial charge on any atom is -0.316 e. The topological polar surface area (TPSA) is 12.0 Å². The van der Waals surface area contributed by atoms with Crippen molar-refractivity contribution in [3.8, 4) is 0 Å². The zero-order chi connectivity index (χ0) is 6.27. The van der Waals surface area contributed by atoms with Crippen LogP contribution in [0.1, 0.15) is 12.8 Å². The van der Waals surface area contributed by atoms with Gasteiger partial charge in [0.05, 0.1) is 0 Å². The first kappa shape index (κ1) is 5.66. The van der Waals surface area contributed by atoms with Crippen molar-refractivity contribution in [1.29, 1.82) is 0 Å². The van der Waals surface area contributed by atoms with Gasteiger partial charge in [0.2, 0.25) is 0 Å². The van der Waals surface area contributed by atoms with E-state index in [9.17, 15) is 4.39 Å². The fraction of sp³-hybridized carbons (Fsp3) is 1.00. The molecule has 0 aromatic heterocycles. The maximum atomic E-state index is 12.8. The van der Waals surface area contributed by atoms with Crippen LogP contribution in [0.5, 0.6) is 0 Å². The number of hydrogen-bond acceptors (Lipinski definition) is 1. The average Bonchev–Trinajstić information content (AvgIpc) is 2.35. The lowest BCUT2D eigenvalue weighted by Gasteiger charge is -2.07. The SMILES string of the molecule is F[C@@H]1CC[C@@H]2CNC[C@H]21. The van der Waals surface area contributed by atoms with E-state index in [1.807, 2.05) is 0 Å². The van der Waals surface area contributed by atoms with E-state index in [0.29, 0.717) is 11.8 Å². The molecule has 0 unspecified atom stereocenters. The van der Waals surface area contributed by atoms with Crippen molar-refractivity contribution < 1.29 is 4.39 Å². The molecule has 52 valence electrons. The van der Waals surface area contributed by atoms with E-state index in [-0.39, 0.29) is 0 Å². The second kappa shape index (κ2) is 1.94. The summed E-state index contributed by atoms with van der Waals surface area (Å²) >= 11 is 0. The molecule has 1 saturated carbocycles. The van der Waals surface area contributed by atoms with Crippen molar-refractivity contribution >= 4 is 0 Å². The van der Waals surface area contributed by atoms with Gasteiger partial charge in [-0.3, -0.25) is 0 Å². The molecule has 0 spiro atoms. The highest BCUT2D eigenvalue weighted by atomic mass is 19.1.